The van der Waals surface area contributed by atoms with Gasteiger partial charge in [-0.3, -0.25) is 0 Å². The highest BCUT2D eigenvalue weighted by molar-refractivity contribution is 7.89. The van der Waals surface area contributed by atoms with Crippen molar-refractivity contribution in [2.24, 2.45) is 0 Å². The number of alkyl halides is 2. The van der Waals surface area contributed by atoms with E-state index in [0.717, 1.165) is 0 Å². The van der Waals surface area contributed by atoms with Gasteiger partial charge in [0, 0.05) is 0 Å². The summed E-state index contributed by atoms with van der Waals surface area (Å²) in [6.45, 7) is 0.628. The van der Waals surface area contributed by atoms with Gasteiger partial charge in [0.25, 0.3) is 6.43 Å². The van der Waals surface area contributed by atoms with Crippen molar-refractivity contribution in [1.29, 1.82) is 0 Å². The summed E-state index contributed by atoms with van der Waals surface area (Å²) in [4.78, 5) is -0.143. The minimum Gasteiger partial charge on any atom is -0.398 e. The van der Waals surface area contributed by atoms with Crippen LogP contribution in [0.5, 0.6) is 0 Å². The van der Waals surface area contributed by atoms with Crippen LogP contribution >= 0.6 is 0 Å². The van der Waals surface area contributed by atoms with Crippen LogP contribution < -0.4 is 10.5 Å². The molecule has 0 aliphatic carbocycles. The first-order chi connectivity index (χ1) is 7.34. The summed E-state index contributed by atoms with van der Waals surface area (Å²) < 4.78 is 49.0. The fraction of sp³-hybridized carbons (Fsp3) is 0.333. The predicted molar refractivity (Wildman–Crippen MR) is 56.8 cm³/mol. The molecule has 0 amide bonds. The van der Waals surface area contributed by atoms with Gasteiger partial charge < -0.3 is 5.73 Å². The molecule has 0 bridgehead atoms. The van der Waals surface area contributed by atoms with E-state index >= 15 is 0 Å². The Morgan fingerprint density at radius 1 is 1.44 bits per heavy atom. The number of benzene rings is 1. The number of nitrogens with two attached hydrogens (primary N) is 1. The van der Waals surface area contributed by atoms with Gasteiger partial charge in [-0.2, -0.15) is 0 Å². The maximum atomic E-state index is 11.9. The average molecular weight is 250 g/mol. The molecule has 0 aliphatic heterocycles. The zero-order chi connectivity index (χ0) is 12.3. The first-order valence-electron chi connectivity index (χ1n) is 4.47. The van der Waals surface area contributed by atoms with E-state index in [1.165, 1.54) is 6.07 Å². The monoisotopic (exact) mass is 250 g/mol. The second-order valence-corrected chi connectivity index (χ2v) is 4.94. The van der Waals surface area contributed by atoms with E-state index in [1.807, 2.05) is 0 Å². The Kier molecular flexibility index (Phi) is 3.82. The Morgan fingerprint density at radius 3 is 2.56 bits per heavy atom. The van der Waals surface area contributed by atoms with Crippen LogP contribution in [-0.4, -0.2) is 21.4 Å². The standard InChI is InChI=1S/C9H12F2N2O2S/c1-6-3-2-4-7(12)9(6)16(14,15)13-5-8(10)11/h2-4,8,13H,5,12H2,1H3. The Hall–Kier alpha value is -1.21. The second-order valence-electron chi connectivity index (χ2n) is 3.24. The molecule has 0 fully saturated rings. The van der Waals surface area contributed by atoms with E-state index in [9.17, 15) is 17.2 Å². The van der Waals surface area contributed by atoms with Gasteiger partial charge in [0.05, 0.1) is 12.2 Å². The fourth-order valence-electron chi connectivity index (χ4n) is 1.29. The Balaban J connectivity index is 3.08. The van der Waals surface area contributed by atoms with Gasteiger partial charge in [0.1, 0.15) is 4.90 Å². The molecule has 0 heterocycles. The molecule has 7 heteroatoms. The molecule has 1 rings (SSSR count). The minimum atomic E-state index is -3.97. The lowest BCUT2D eigenvalue weighted by atomic mass is 10.2. The Morgan fingerprint density at radius 2 is 2.06 bits per heavy atom. The summed E-state index contributed by atoms with van der Waals surface area (Å²) >= 11 is 0. The van der Waals surface area contributed by atoms with E-state index in [-0.39, 0.29) is 10.6 Å². The van der Waals surface area contributed by atoms with Crippen LogP contribution in [0.4, 0.5) is 14.5 Å². The number of hydrogen-bond acceptors (Lipinski definition) is 3. The molecule has 1 aromatic carbocycles. The highest BCUT2D eigenvalue weighted by Crippen LogP contribution is 2.21. The lowest BCUT2D eigenvalue weighted by molar-refractivity contribution is 0.153. The molecule has 0 atom stereocenters. The molecule has 0 unspecified atom stereocenters. The van der Waals surface area contributed by atoms with Crippen LogP contribution in [0.25, 0.3) is 0 Å². The SMILES string of the molecule is Cc1cccc(N)c1S(=O)(=O)NCC(F)F. The number of hydrogen-bond donors (Lipinski definition) is 2. The number of nitrogens with one attached hydrogen (secondary N) is 1. The third-order valence-corrected chi connectivity index (χ3v) is 3.58. The summed E-state index contributed by atoms with van der Waals surface area (Å²) in [5.41, 5.74) is 5.97. The van der Waals surface area contributed by atoms with Crippen molar-refractivity contribution >= 4 is 15.7 Å². The molecule has 0 aromatic heterocycles. The van der Waals surface area contributed by atoms with Crippen molar-refractivity contribution in [3.8, 4) is 0 Å². The molecule has 0 radical (unpaired) electrons. The van der Waals surface area contributed by atoms with E-state index < -0.39 is 23.0 Å². The number of aryl methyl sites for hydroxylation is 1. The van der Waals surface area contributed by atoms with Gasteiger partial charge in [0.15, 0.2) is 0 Å². The van der Waals surface area contributed by atoms with E-state index in [1.54, 1.807) is 23.8 Å². The first-order valence-corrected chi connectivity index (χ1v) is 5.96. The highest BCUT2D eigenvalue weighted by atomic mass is 32.2. The molecule has 90 valence electrons. The van der Waals surface area contributed by atoms with Crippen LogP contribution in [-0.2, 0) is 10.0 Å². The smallest absolute Gasteiger partial charge is 0.251 e. The number of halogens is 2. The third-order valence-electron chi connectivity index (χ3n) is 1.94. The molecule has 1 aromatic rings. The minimum absolute atomic E-state index is 0.0433. The van der Waals surface area contributed by atoms with Crippen LogP contribution in [0.3, 0.4) is 0 Å². The van der Waals surface area contributed by atoms with Crippen LogP contribution in [0, 0.1) is 6.92 Å². The molecule has 16 heavy (non-hydrogen) atoms. The molecule has 3 N–H and O–H groups in total. The molecule has 0 saturated carbocycles. The Labute approximate surface area is 92.5 Å². The number of sulfonamides is 1. The maximum Gasteiger partial charge on any atom is 0.251 e. The van der Waals surface area contributed by atoms with Crippen LogP contribution in [0.15, 0.2) is 23.1 Å². The predicted octanol–water partition coefficient (Wildman–Crippen LogP) is 1.12. The van der Waals surface area contributed by atoms with Crippen molar-refractivity contribution in [3.05, 3.63) is 23.8 Å². The van der Waals surface area contributed by atoms with E-state index in [4.69, 9.17) is 5.73 Å². The fourth-order valence-corrected chi connectivity index (χ4v) is 2.65. The quantitative estimate of drug-likeness (QED) is 0.786. The van der Waals surface area contributed by atoms with Gasteiger partial charge in [-0.15, -0.1) is 0 Å². The zero-order valence-corrected chi connectivity index (χ0v) is 9.39. The molecule has 4 nitrogen and oxygen atoms in total. The summed E-state index contributed by atoms with van der Waals surface area (Å²) in [6.07, 6.45) is -2.74. The molecule has 0 saturated heterocycles. The molecular formula is C9H12F2N2O2S. The lowest BCUT2D eigenvalue weighted by Crippen LogP contribution is -2.29. The number of rotatable bonds is 4. The Bertz CT molecular complexity index is 454. The van der Waals surface area contributed by atoms with Crippen LogP contribution in [0.1, 0.15) is 5.56 Å². The second kappa shape index (κ2) is 4.75. The summed E-state index contributed by atoms with van der Waals surface area (Å²) in [5.74, 6) is 0. The summed E-state index contributed by atoms with van der Waals surface area (Å²) in [7, 11) is -3.97. The summed E-state index contributed by atoms with van der Waals surface area (Å²) in [6, 6.07) is 4.55. The lowest BCUT2D eigenvalue weighted by Gasteiger charge is -2.11. The molecule has 0 aliphatic rings. The highest BCUT2D eigenvalue weighted by Gasteiger charge is 2.20. The molecule has 0 spiro atoms. The van der Waals surface area contributed by atoms with Gasteiger partial charge >= 0.3 is 0 Å². The largest absolute Gasteiger partial charge is 0.398 e. The van der Waals surface area contributed by atoms with Crippen molar-refractivity contribution in [3.63, 3.8) is 0 Å². The summed E-state index contributed by atoms with van der Waals surface area (Å²) in [5, 5.41) is 0. The number of anilines is 1. The average Bonchev–Trinajstić information content (AvgIpc) is 2.14. The van der Waals surface area contributed by atoms with Gasteiger partial charge in [-0.05, 0) is 18.6 Å². The van der Waals surface area contributed by atoms with E-state index in [2.05, 4.69) is 0 Å². The van der Waals surface area contributed by atoms with Crippen molar-refractivity contribution in [1.82, 2.24) is 4.72 Å². The topological polar surface area (TPSA) is 72.2 Å². The van der Waals surface area contributed by atoms with Gasteiger partial charge in [0.2, 0.25) is 10.0 Å². The normalized spacial score (nSPS) is 12.0. The first kappa shape index (κ1) is 12.9. The molecular weight excluding hydrogens is 238 g/mol. The van der Waals surface area contributed by atoms with Gasteiger partial charge in [-0.1, -0.05) is 12.1 Å². The van der Waals surface area contributed by atoms with E-state index in [0.29, 0.717) is 5.56 Å². The maximum absolute atomic E-state index is 11.9. The van der Waals surface area contributed by atoms with Gasteiger partial charge in [-0.25, -0.2) is 21.9 Å². The van der Waals surface area contributed by atoms with Crippen molar-refractivity contribution in [2.45, 2.75) is 18.2 Å². The zero-order valence-electron chi connectivity index (χ0n) is 8.57. The van der Waals surface area contributed by atoms with Crippen molar-refractivity contribution in [2.75, 3.05) is 12.3 Å². The van der Waals surface area contributed by atoms with Crippen molar-refractivity contribution < 1.29 is 17.2 Å². The number of nitrogen functional groups attached to an aromatic ring is 1. The van der Waals surface area contributed by atoms with Crippen LogP contribution in [0.2, 0.25) is 0 Å². The third kappa shape index (κ3) is 2.89.